The third-order valence-corrected chi connectivity index (χ3v) is 4.03. The molecule has 0 radical (unpaired) electrons. The predicted octanol–water partition coefficient (Wildman–Crippen LogP) is 3.94. The Morgan fingerprint density at radius 3 is 2.38 bits per heavy atom. The molecule has 1 N–H and O–H groups in total. The average molecular weight is 324 g/mol. The second-order valence-electron chi connectivity index (χ2n) is 5.77. The molecule has 0 bridgehead atoms. The van der Waals surface area contributed by atoms with Crippen molar-refractivity contribution in [3.8, 4) is 0 Å². The summed E-state index contributed by atoms with van der Waals surface area (Å²) < 4.78 is 0. The minimum absolute atomic E-state index is 0.0559. The van der Waals surface area contributed by atoms with Crippen molar-refractivity contribution in [2.45, 2.75) is 33.6 Å². The molecule has 2 rings (SSSR count). The van der Waals surface area contributed by atoms with E-state index in [0.29, 0.717) is 6.54 Å². The Balaban J connectivity index is 2.05. The second kappa shape index (κ2) is 8.29. The van der Waals surface area contributed by atoms with Crippen LogP contribution < -0.4 is 10.2 Å². The Hall–Kier alpha value is -2.62. The molecular formula is C20H24N2O2. The summed E-state index contributed by atoms with van der Waals surface area (Å²) in [4.78, 5) is 25.9. The highest BCUT2D eigenvalue weighted by Crippen LogP contribution is 2.21. The fraction of sp³-hybridized carbons (Fsp3) is 0.300. The van der Waals surface area contributed by atoms with Gasteiger partial charge in [-0.25, -0.2) is 0 Å². The maximum atomic E-state index is 12.2. The lowest BCUT2D eigenvalue weighted by molar-refractivity contribution is -0.117. The van der Waals surface area contributed by atoms with Gasteiger partial charge in [-0.05, 0) is 36.6 Å². The lowest BCUT2D eigenvalue weighted by atomic mass is 10.1. The van der Waals surface area contributed by atoms with E-state index in [1.54, 1.807) is 4.90 Å². The molecule has 0 fully saturated rings. The van der Waals surface area contributed by atoms with Gasteiger partial charge in [0.05, 0.1) is 0 Å². The summed E-state index contributed by atoms with van der Waals surface area (Å²) in [5.74, 6) is -0.149. The first-order valence-corrected chi connectivity index (χ1v) is 8.24. The standard InChI is InChI=1S/C20H24N2O2/c1-4-17-10-6-8-12-19(17)22(16(3)23)14-13-20(24)21-18-11-7-5-9-15(18)2/h5-12H,4,13-14H2,1-3H3,(H,21,24). The summed E-state index contributed by atoms with van der Waals surface area (Å²) in [5, 5.41) is 2.91. The highest BCUT2D eigenvalue weighted by molar-refractivity contribution is 5.95. The van der Waals surface area contributed by atoms with Gasteiger partial charge in [-0.1, -0.05) is 43.3 Å². The molecule has 24 heavy (non-hydrogen) atoms. The number of carbonyl (C=O) groups is 2. The highest BCUT2D eigenvalue weighted by atomic mass is 16.2. The molecule has 0 spiro atoms. The lowest BCUT2D eigenvalue weighted by Crippen LogP contribution is -2.32. The van der Waals surface area contributed by atoms with Crippen molar-refractivity contribution in [1.29, 1.82) is 0 Å². The zero-order chi connectivity index (χ0) is 17.5. The van der Waals surface area contributed by atoms with Crippen molar-refractivity contribution in [2.24, 2.45) is 0 Å². The molecule has 0 saturated heterocycles. The molecule has 0 aliphatic heterocycles. The summed E-state index contributed by atoms with van der Waals surface area (Å²) in [6.07, 6.45) is 1.10. The predicted molar refractivity (Wildman–Crippen MR) is 98.3 cm³/mol. The SMILES string of the molecule is CCc1ccccc1N(CCC(=O)Nc1ccccc1C)C(C)=O. The third kappa shape index (κ3) is 4.44. The first-order valence-electron chi connectivity index (χ1n) is 8.24. The van der Waals surface area contributed by atoms with Crippen LogP contribution in [0.5, 0.6) is 0 Å². The molecule has 2 aromatic rings. The number of nitrogens with zero attached hydrogens (tertiary/aromatic N) is 1. The molecule has 4 heteroatoms. The molecule has 0 atom stereocenters. The van der Waals surface area contributed by atoms with Crippen LogP contribution in [0.1, 0.15) is 31.4 Å². The van der Waals surface area contributed by atoms with Gasteiger partial charge in [-0.3, -0.25) is 9.59 Å². The lowest BCUT2D eigenvalue weighted by Gasteiger charge is -2.23. The maximum absolute atomic E-state index is 12.2. The van der Waals surface area contributed by atoms with Crippen LogP contribution in [-0.2, 0) is 16.0 Å². The Morgan fingerprint density at radius 2 is 1.71 bits per heavy atom. The molecule has 4 nitrogen and oxygen atoms in total. The minimum atomic E-state index is -0.0930. The van der Waals surface area contributed by atoms with E-state index < -0.39 is 0 Å². The van der Waals surface area contributed by atoms with Gasteiger partial charge in [-0.2, -0.15) is 0 Å². The Kier molecular flexibility index (Phi) is 6.13. The van der Waals surface area contributed by atoms with Crippen LogP contribution in [0, 0.1) is 6.92 Å². The van der Waals surface area contributed by atoms with E-state index in [-0.39, 0.29) is 18.2 Å². The van der Waals surface area contributed by atoms with E-state index in [1.165, 1.54) is 6.92 Å². The van der Waals surface area contributed by atoms with Gasteiger partial charge in [-0.15, -0.1) is 0 Å². The fourth-order valence-corrected chi connectivity index (χ4v) is 2.66. The van der Waals surface area contributed by atoms with Gasteiger partial charge in [0.15, 0.2) is 0 Å². The van der Waals surface area contributed by atoms with Gasteiger partial charge in [0.1, 0.15) is 0 Å². The van der Waals surface area contributed by atoms with E-state index >= 15 is 0 Å². The normalized spacial score (nSPS) is 10.3. The summed E-state index contributed by atoms with van der Waals surface area (Å²) in [7, 11) is 0. The van der Waals surface area contributed by atoms with Crippen LogP contribution in [0.25, 0.3) is 0 Å². The zero-order valence-electron chi connectivity index (χ0n) is 14.5. The van der Waals surface area contributed by atoms with Crippen molar-refractivity contribution in [3.05, 3.63) is 59.7 Å². The molecule has 0 aliphatic rings. The molecule has 2 amide bonds. The fourth-order valence-electron chi connectivity index (χ4n) is 2.66. The number of hydrogen-bond acceptors (Lipinski definition) is 2. The largest absolute Gasteiger partial charge is 0.326 e. The smallest absolute Gasteiger partial charge is 0.226 e. The molecule has 0 aromatic heterocycles. The molecule has 0 saturated carbocycles. The van der Waals surface area contributed by atoms with Gasteiger partial charge >= 0.3 is 0 Å². The Morgan fingerprint density at radius 1 is 1.04 bits per heavy atom. The van der Waals surface area contributed by atoms with E-state index in [2.05, 4.69) is 12.2 Å². The average Bonchev–Trinajstić information content (AvgIpc) is 2.57. The number of benzene rings is 2. The number of anilines is 2. The summed E-state index contributed by atoms with van der Waals surface area (Å²) in [6.45, 7) is 5.91. The second-order valence-corrected chi connectivity index (χ2v) is 5.77. The third-order valence-electron chi connectivity index (χ3n) is 4.03. The summed E-state index contributed by atoms with van der Waals surface area (Å²) in [5.41, 5.74) is 3.82. The first-order chi connectivity index (χ1) is 11.5. The van der Waals surface area contributed by atoms with Crippen LogP contribution in [-0.4, -0.2) is 18.4 Å². The number of rotatable bonds is 6. The topological polar surface area (TPSA) is 49.4 Å². The van der Waals surface area contributed by atoms with Crippen LogP contribution in [0.3, 0.4) is 0 Å². The van der Waals surface area contributed by atoms with Crippen LogP contribution in [0.2, 0.25) is 0 Å². The van der Waals surface area contributed by atoms with E-state index in [0.717, 1.165) is 28.9 Å². The highest BCUT2D eigenvalue weighted by Gasteiger charge is 2.16. The molecular weight excluding hydrogens is 300 g/mol. The molecule has 0 aliphatic carbocycles. The molecule has 0 unspecified atom stereocenters. The Bertz CT molecular complexity index is 725. The van der Waals surface area contributed by atoms with Gasteiger partial charge < -0.3 is 10.2 Å². The van der Waals surface area contributed by atoms with Crippen molar-refractivity contribution in [2.75, 3.05) is 16.8 Å². The Labute approximate surface area is 143 Å². The van der Waals surface area contributed by atoms with Gasteiger partial charge in [0.25, 0.3) is 0 Å². The number of hydrogen-bond donors (Lipinski definition) is 1. The summed E-state index contributed by atoms with van der Waals surface area (Å²) in [6, 6.07) is 15.5. The number of para-hydroxylation sites is 2. The number of carbonyl (C=O) groups excluding carboxylic acids is 2. The van der Waals surface area contributed by atoms with Gasteiger partial charge in [0, 0.05) is 31.3 Å². The number of amides is 2. The van der Waals surface area contributed by atoms with Gasteiger partial charge in [0.2, 0.25) is 11.8 Å². The minimum Gasteiger partial charge on any atom is -0.326 e. The van der Waals surface area contributed by atoms with Crippen LogP contribution in [0.4, 0.5) is 11.4 Å². The van der Waals surface area contributed by atoms with Crippen molar-refractivity contribution in [1.82, 2.24) is 0 Å². The maximum Gasteiger partial charge on any atom is 0.226 e. The van der Waals surface area contributed by atoms with Crippen LogP contribution in [0.15, 0.2) is 48.5 Å². The van der Waals surface area contributed by atoms with Crippen LogP contribution >= 0.6 is 0 Å². The number of aryl methyl sites for hydroxylation is 2. The first kappa shape index (κ1) is 17.7. The van der Waals surface area contributed by atoms with Crippen molar-refractivity contribution in [3.63, 3.8) is 0 Å². The molecule has 0 heterocycles. The quantitative estimate of drug-likeness (QED) is 0.875. The van der Waals surface area contributed by atoms with Crippen molar-refractivity contribution < 1.29 is 9.59 Å². The summed E-state index contributed by atoms with van der Waals surface area (Å²) >= 11 is 0. The van der Waals surface area contributed by atoms with Crippen molar-refractivity contribution >= 4 is 23.2 Å². The monoisotopic (exact) mass is 324 g/mol. The van der Waals surface area contributed by atoms with E-state index in [9.17, 15) is 9.59 Å². The van der Waals surface area contributed by atoms with E-state index in [1.807, 2.05) is 55.5 Å². The molecule has 2 aromatic carbocycles. The zero-order valence-corrected chi connectivity index (χ0v) is 14.5. The molecule has 126 valence electrons. The number of nitrogens with one attached hydrogen (secondary N) is 1. The van der Waals surface area contributed by atoms with E-state index in [4.69, 9.17) is 0 Å².